The first-order chi connectivity index (χ1) is 10.9. The van der Waals surface area contributed by atoms with Crippen molar-refractivity contribution in [2.45, 2.75) is 18.9 Å². The second kappa shape index (κ2) is 5.73. The van der Waals surface area contributed by atoms with Crippen LogP contribution in [-0.2, 0) is 11.3 Å². The minimum absolute atomic E-state index is 0.393. The van der Waals surface area contributed by atoms with Crippen LogP contribution in [0.1, 0.15) is 23.6 Å². The molecule has 22 heavy (non-hydrogen) atoms. The molecule has 1 aliphatic heterocycles. The smallest absolute Gasteiger partial charge is 0.0881 e. The Hall–Kier alpha value is -2.47. The summed E-state index contributed by atoms with van der Waals surface area (Å²) in [5, 5.41) is 12.8. The van der Waals surface area contributed by atoms with E-state index in [0.717, 1.165) is 31.0 Å². The number of hydrogen-bond donors (Lipinski definition) is 0. The quantitative estimate of drug-likeness (QED) is 0.739. The Balaban J connectivity index is 1.52. The molecule has 4 rings (SSSR count). The van der Waals surface area contributed by atoms with Crippen LogP contribution in [-0.4, -0.2) is 38.0 Å². The third-order valence-corrected chi connectivity index (χ3v) is 3.93. The topological polar surface area (TPSA) is 57.8 Å². The Morgan fingerprint density at radius 2 is 2.27 bits per heavy atom. The molecule has 3 heterocycles. The van der Waals surface area contributed by atoms with Crippen LogP contribution in [0.4, 0.5) is 0 Å². The fourth-order valence-electron chi connectivity index (χ4n) is 2.75. The predicted octanol–water partition coefficient (Wildman–Crippen LogP) is 2.02. The van der Waals surface area contributed by atoms with Crippen LogP contribution in [0.2, 0.25) is 0 Å². The van der Waals surface area contributed by atoms with E-state index in [0.29, 0.717) is 12.5 Å². The van der Waals surface area contributed by atoms with E-state index in [-0.39, 0.29) is 0 Å². The molecule has 0 aliphatic carbocycles. The van der Waals surface area contributed by atoms with Gasteiger partial charge in [-0.25, -0.2) is 9.36 Å². The van der Waals surface area contributed by atoms with Crippen molar-refractivity contribution in [3.8, 4) is 5.69 Å². The molecular formula is C16H17N5O. The summed E-state index contributed by atoms with van der Waals surface area (Å²) in [5.74, 6) is 0.393. The molecular weight excluding hydrogens is 278 g/mol. The van der Waals surface area contributed by atoms with E-state index in [9.17, 15) is 0 Å². The zero-order valence-electron chi connectivity index (χ0n) is 12.2. The summed E-state index contributed by atoms with van der Waals surface area (Å²) in [6, 6.07) is 10.2. The van der Waals surface area contributed by atoms with Crippen molar-refractivity contribution < 1.29 is 4.74 Å². The highest BCUT2D eigenvalue weighted by Crippen LogP contribution is 2.23. The Morgan fingerprint density at radius 3 is 3.09 bits per heavy atom. The van der Waals surface area contributed by atoms with Gasteiger partial charge < -0.3 is 4.74 Å². The van der Waals surface area contributed by atoms with E-state index in [2.05, 4.69) is 27.5 Å². The molecule has 3 aromatic rings. The molecule has 1 unspecified atom stereocenters. The number of hydrogen-bond acceptors (Lipinski definition) is 4. The molecule has 2 aromatic heterocycles. The first-order valence-corrected chi connectivity index (χ1v) is 7.45. The van der Waals surface area contributed by atoms with Gasteiger partial charge in [0.15, 0.2) is 0 Å². The van der Waals surface area contributed by atoms with Crippen molar-refractivity contribution in [1.82, 2.24) is 24.8 Å². The monoisotopic (exact) mass is 295 g/mol. The average Bonchev–Trinajstić information content (AvgIpc) is 3.29. The summed E-state index contributed by atoms with van der Waals surface area (Å²) in [6.07, 6.45) is 6.78. The van der Waals surface area contributed by atoms with Crippen LogP contribution in [0.15, 0.2) is 48.9 Å². The minimum Gasteiger partial charge on any atom is -0.381 e. The zero-order valence-corrected chi connectivity index (χ0v) is 12.2. The van der Waals surface area contributed by atoms with Crippen molar-refractivity contribution in [3.05, 3.63) is 60.2 Å². The number of benzene rings is 1. The van der Waals surface area contributed by atoms with Gasteiger partial charge in [0.2, 0.25) is 0 Å². The Morgan fingerprint density at radius 1 is 1.27 bits per heavy atom. The molecule has 6 nitrogen and oxygen atoms in total. The average molecular weight is 295 g/mol. The Labute approximate surface area is 128 Å². The maximum atomic E-state index is 5.41. The fraction of sp³-hybridized carbons (Fsp3) is 0.312. The van der Waals surface area contributed by atoms with Crippen LogP contribution >= 0.6 is 0 Å². The van der Waals surface area contributed by atoms with Crippen molar-refractivity contribution >= 4 is 0 Å². The molecule has 0 spiro atoms. The second-order valence-electron chi connectivity index (χ2n) is 5.52. The van der Waals surface area contributed by atoms with E-state index in [1.165, 1.54) is 5.56 Å². The van der Waals surface area contributed by atoms with Crippen molar-refractivity contribution in [3.63, 3.8) is 0 Å². The van der Waals surface area contributed by atoms with Crippen molar-refractivity contribution in [2.75, 3.05) is 13.2 Å². The number of ether oxygens (including phenoxy) is 1. The molecule has 1 saturated heterocycles. The first kappa shape index (κ1) is 13.2. The first-order valence-electron chi connectivity index (χ1n) is 7.45. The van der Waals surface area contributed by atoms with E-state index < -0.39 is 0 Å². The molecule has 112 valence electrons. The molecule has 0 saturated carbocycles. The maximum Gasteiger partial charge on any atom is 0.0881 e. The van der Waals surface area contributed by atoms with Gasteiger partial charge >= 0.3 is 0 Å². The molecule has 0 radical (unpaired) electrons. The summed E-state index contributed by atoms with van der Waals surface area (Å²) < 4.78 is 9.15. The number of nitrogens with zero attached hydrogens (tertiary/aromatic N) is 5. The third-order valence-electron chi connectivity index (χ3n) is 3.93. The number of rotatable bonds is 4. The Kier molecular flexibility index (Phi) is 3.44. The normalized spacial score (nSPS) is 17.9. The molecule has 0 bridgehead atoms. The van der Waals surface area contributed by atoms with E-state index in [1.807, 2.05) is 40.0 Å². The SMILES string of the molecule is c1cc(Cn2cc(C3CCOC3)nn2)cc(-n2cccn2)c1. The van der Waals surface area contributed by atoms with Gasteiger partial charge in [-0.2, -0.15) is 5.10 Å². The molecule has 1 atom stereocenters. The molecule has 1 fully saturated rings. The van der Waals surface area contributed by atoms with Crippen molar-refractivity contribution in [2.24, 2.45) is 0 Å². The fourth-order valence-corrected chi connectivity index (χ4v) is 2.75. The minimum atomic E-state index is 0.393. The summed E-state index contributed by atoms with van der Waals surface area (Å²) in [7, 11) is 0. The van der Waals surface area contributed by atoms with Crippen LogP contribution < -0.4 is 0 Å². The van der Waals surface area contributed by atoms with Crippen LogP contribution in [0.5, 0.6) is 0 Å². The molecule has 1 aliphatic rings. The summed E-state index contributed by atoms with van der Waals surface area (Å²) in [5.41, 5.74) is 3.25. The van der Waals surface area contributed by atoms with Crippen molar-refractivity contribution in [1.29, 1.82) is 0 Å². The lowest BCUT2D eigenvalue weighted by Gasteiger charge is -2.05. The summed E-state index contributed by atoms with van der Waals surface area (Å²) in [6.45, 7) is 2.28. The lowest BCUT2D eigenvalue weighted by Crippen LogP contribution is -2.02. The van der Waals surface area contributed by atoms with Gasteiger partial charge in [-0.15, -0.1) is 5.10 Å². The van der Waals surface area contributed by atoms with Gasteiger partial charge in [-0.1, -0.05) is 17.3 Å². The van der Waals surface area contributed by atoms with Crippen LogP contribution in [0.3, 0.4) is 0 Å². The lowest BCUT2D eigenvalue weighted by molar-refractivity contribution is 0.193. The van der Waals surface area contributed by atoms with Gasteiger partial charge in [-0.3, -0.25) is 0 Å². The van der Waals surface area contributed by atoms with E-state index >= 15 is 0 Å². The maximum absolute atomic E-state index is 5.41. The van der Waals surface area contributed by atoms with Gasteiger partial charge in [0, 0.05) is 31.1 Å². The third kappa shape index (κ3) is 2.65. The molecule has 0 N–H and O–H groups in total. The van der Waals surface area contributed by atoms with E-state index in [1.54, 1.807) is 6.20 Å². The lowest BCUT2D eigenvalue weighted by atomic mass is 10.1. The van der Waals surface area contributed by atoms with Crippen LogP contribution in [0.25, 0.3) is 5.69 Å². The molecule has 1 aromatic carbocycles. The van der Waals surface area contributed by atoms with Crippen LogP contribution in [0, 0.1) is 0 Å². The molecule has 0 amide bonds. The van der Waals surface area contributed by atoms with E-state index in [4.69, 9.17) is 4.74 Å². The highest BCUT2D eigenvalue weighted by molar-refractivity contribution is 5.35. The van der Waals surface area contributed by atoms with Gasteiger partial charge in [0.25, 0.3) is 0 Å². The number of aromatic nitrogens is 5. The van der Waals surface area contributed by atoms with Gasteiger partial charge in [-0.05, 0) is 30.2 Å². The Bertz CT molecular complexity index is 744. The largest absolute Gasteiger partial charge is 0.381 e. The predicted molar refractivity (Wildman–Crippen MR) is 80.9 cm³/mol. The van der Waals surface area contributed by atoms with Gasteiger partial charge in [0.05, 0.1) is 24.5 Å². The summed E-state index contributed by atoms with van der Waals surface area (Å²) >= 11 is 0. The summed E-state index contributed by atoms with van der Waals surface area (Å²) in [4.78, 5) is 0. The zero-order chi connectivity index (χ0) is 14.8. The highest BCUT2D eigenvalue weighted by Gasteiger charge is 2.20. The second-order valence-corrected chi connectivity index (χ2v) is 5.52. The molecule has 6 heteroatoms. The standard InChI is InChI=1S/C16H17N5O/c1-3-13(9-15(4-1)21-7-2-6-17-21)10-20-11-16(18-19-20)14-5-8-22-12-14/h1-4,6-7,9,11,14H,5,8,10,12H2. The highest BCUT2D eigenvalue weighted by atomic mass is 16.5. The van der Waals surface area contributed by atoms with Gasteiger partial charge in [0.1, 0.15) is 0 Å².